The normalized spacial score (nSPS) is 14.3. The van der Waals surface area contributed by atoms with Gasteiger partial charge in [-0.3, -0.25) is 47.9 Å². The molecule has 7 atom stereocenters. The Kier molecular flexibility index (Phi) is 25.7. The van der Waals surface area contributed by atoms with E-state index in [1.165, 1.54) is 13.8 Å². The predicted molar refractivity (Wildman–Crippen MR) is 214 cm³/mol. The Balaban J connectivity index is 5.51. The van der Waals surface area contributed by atoms with Gasteiger partial charge in [-0.1, -0.05) is 27.7 Å². The first-order chi connectivity index (χ1) is 28.5. The number of carbonyl (C=O) groups is 11. The van der Waals surface area contributed by atoms with Crippen molar-refractivity contribution < 1.29 is 68.1 Å². The van der Waals surface area contributed by atoms with Crippen molar-refractivity contribution in [1.82, 2.24) is 47.9 Å². The summed E-state index contributed by atoms with van der Waals surface area (Å²) in [6.07, 6.45) is 0.0479. The molecule has 9 amide bonds. The molecule has 0 heterocycles. The summed E-state index contributed by atoms with van der Waals surface area (Å²) in [6.45, 7) is 6.64. The van der Waals surface area contributed by atoms with Crippen molar-refractivity contribution in [1.29, 1.82) is 0 Å². The molecule has 0 rings (SSSR count). The molecule has 0 saturated carbocycles. The molecule has 0 aliphatic heterocycles. The average molecular weight is 874 g/mol. The van der Waals surface area contributed by atoms with Crippen LogP contribution in [0.5, 0.6) is 0 Å². The summed E-state index contributed by atoms with van der Waals surface area (Å²) in [4.78, 5) is 137. The van der Waals surface area contributed by atoms with Crippen LogP contribution in [0.25, 0.3) is 0 Å². The zero-order chi connectivity index (χ0) is 47.0. The molecule has 0 saturated heterocycles. The molecule has 0 aromatic carbocycles. The number of aliphatic hydroxyl groups excluding tert-OH is 1. The van der Waals surface area contributed by atoms with Gasteiger partial charge in [0.1, 0.15) is 42.3 Å². The van der Waals surface area contributed by atoms with E-state index < -0.39 is 146 Å². The average Bonchev–Trinajstić information content (AvgIpc) is 3.18. The minimum atomic E-state index is -1.65. The van der Waals surface area contributed by atoms with E-state index in [2.05, 4.69) is 47.9 Å². The molecule has 16 N–H and O–H groups in total. The monoisotopic (exact) mass is 873 g/mol. The summed E-state index contributed by atoms with van der Waals surface area (Å²) in [6, 6.07) is -9.47. The molecule has 0 aliphatic carbocycles. The number of unbranched alkanes of at least 4 members (excludes halogenated alkanes) is 1. The summed E-state index contributed by atoms with van der Waals surface area (Å²) < 4.78 is 0. The number of hydrogen-bond acceptors (Lipinski definition) is 14. The lowest BCUT2D eigenvalue weighted by molar-refractivity contribution is -0.143. The Bertz CT molecular complexity index is 1560. The van der Waals surface area contributed by atoms with E-state index in [0.29, 0.717) is 12.8 Å². The zero-order valence-electron chi connectivity index (χ0n) is 35.3. The second kappa shape index (κ2) is 28.5. The van der Waals surface area contributed by atoms with E-state index in [0.717, 1.165) is 0 Å². The van der Waals surface area contributed by atoms with Crippen LogP contribution in [0.1, 0.15) is 73.6 Å². The van der Waals surface area contributed by atoms with Gasteiger partial charge in [0.15, 0.2) is 0 Å². The fourth-order valence-electron chi connectivity index (χ4n) is 5.22. The number of nitrogens with one attached hydrogen (secondary N) is 9. The smallest absolute Gasteiger partial charge is 0.326 e. The van der Waals surface area contributed by atoms with E-state index >= 15 is 0 Å². The van der Waals surface area contributed by atoms with E-state index in [4.69, 9.17) is 11.5 Å². The second-order valence-electron chi connectivity index (χ2n) is 14.8. The van der Waals surface area contributed by atoms with E-state index in [9.17, 15) is 68.1 Å². The van der Waals surface area contributed by atoms with Crippen molar-refractivity contribution in [3.63, 3.8) is 0 Å². The molecule has 25 heteroatoms. The lowest BCUT2D eigenvalue weighted by Gasteiger charge is -2.25. The number of aliphatic hydroxyl groups is 1. The predicted octanol–water partition coefficient (Wildman–Crippen LogP) is -6.01. The summed E-state index contributed by atoms with van der Waals surface area (Å²) in [5.41, 5.74) is 10.8. The number of carboxylic acids is 2. The number of carbonyl (C=O) groups excluding carboxylic acids is 9. The first-order valence-electron chi connectivity index (χ1n) is 19.6. The van der Waals surface area contributed by atoms with Crippen molar-refractivity contribution in [3.05, 3.63) is 0 Å². The molecular weight excluding hydrogens is 810 g/mol. The van der Waals surface area contributed by atoms with Gasteiger partial charge in [0.05, 0.1) is 32.7 Å². The van der Waals surface area contributed by atoms with Gasteiger partial charge in [-0.25, -0.2) is 4.79 Å². The third-order valence-corrected chi connectivity index (χ3v) is 8.57. The van der Waals surface area contributed by atoms with Crippen LogP contribution in [0, 0.1) is 11.8 Å². The number of rotatable bonds is 29. The maximum absolute atomic E-state index is 13.3. The number of nitrogens with two attached hydrogens (primary N) is 2. The van der Waals surface area contributed by atoms with Crippen molar-refractivity contribution in [2.75, 3.05) is 32.8 Å². The highest BCUT2D eigenvalue weighted by Gasteiger charge is 2.31. The maximum Gasteiger partial charge on any atom is 0.326 e. The van der Waals surface area contributed by atoms with Gasteiger partial charge in [-0.15, -0.1) is 0 Å². The van der Waals surface area contributed by atoms with Crippen LogP contribution < -0.4 is 59.3 Å². The molecule has 0 aromatic rings. The topological polar surface area (TPSA) is 409 Å². The highest BCUT2D eigenvalue weighted by molar-refractivity contribution is 5.97. The van der Waals surface area contributed by atoms with Gasteiger partial charge >= 0.3 is 11.9 Å². The van der Waals surface area contributed by atoms with Gasteiger partial charge in [-0.2, -0.15) is 0 Å². The summed E-state index contributed by atoms with van der Waals surface area (Å²) in [7, 11) is 0. The number of carboxylic acid groups (broad SMARTS) is 2. The van der Waals surface area contributed by atoms with Crippen molar-refractivity contribution in [2.24, 2.45) is 23.3 Å². The molecule has 0 fully saturated rings. The van der Waals surface area contributed by atoms with E-state index in [-0.39, 0.29) is 25.3 Å². The number of aliphatic carboxylic acids is 2. The molecule has 0 aromatic heterocycles. The molecule has 0 bridgehead atoms. The zero-order valence-corrected chi connectivity index (χ0v) is 35.3. The molecule has 0 spiro atoms. The van der Waals surface area contributed by atoms with Crippen LogP contribution in [0.15, 0.2) is 0 Å². The Morgan fingerprint density at radius 1 is 0.525 bits per heavy atom. The molecule has 0 radical (unpaired) electrons. The standard InChI is InChI=1S/C36H63N11O14/c1-17(2)11-23(36(60)61)45-31(55)20(6)42-34(58)24(16-48)46-33(57)21(9-7-8-10-37)43-26(50)14-40-35(59)29(18(3)4)47-27(51)15-39-32(56)22(12-28(52)53)44-30(54)19(5)41-25(49)13-38/h17-24,29,48H,7-16,37-38H2,1-6H3,(H,39,56)(H,40,59)(H,41,49)(H,42,58)(H,43,50)(H,44,54)(H,45,55)(H,46,57)(H,47,51)(H,52,53)(H,60,61)/t19-,20-,21-,22-,23-,24-,29-/m0/s1. The Labute approximate surface area is 352 Å². The van der Waals surface area contributed by atoms with Gasteiger partial charge in [-0.05, 0) is 57.9 Å². The lowest BCUT2D eigenvalue weighted by Crippen LogP contribution is -2.58. The maximum atomic E-state index is 13.3. The lowest BCUT2D eigenvalue weighted by atomic mass is 10.0. The number of amides is 9. The molecule has 346 valence electrons. The van der Waals surface area contributed by atoms with Gasteiger partial charge < -0.3 is 74.6 Å². The second-order valence-corrected chi connectivity index (χ2v) is 14.8. The van der Waals surface area contributed by atoms with Crippen LogP contribution in [-0.4, -0.2) is 156 Å². The van der Waals surface area contributed by atoms with Gasteiger partial charge in [0, 0.05) is 0 Å². The van der Waals surface area contributed by atoms with E-state index in [1.807, 2.05) is 0 Å². The van der Waals surface area contributed by atoms with Gasteiger partial charge in [0.2, 0.25) is 53.2 Å². The summed E-state index contributed by atoms with van der Waals surface area (Å²) >= 11 is 0. The minimum absolute atomic E-state index is 0.0188. The van der Waals surface area contributed by atoms with Crippen LogP contribution in [0.2, 0.25) is 0 Å². The van der Waals surface area contributed by atoms with Crippen molar-refractivity contribution in [2.45, 2.75) is 116 Å². The van der Waals surface area contributed by atoms with E-state index in [1.54, 1.807) is 27.7 Å². The fourth-order valence-corrected chi connectivity index (χ4v) is 5.22. The Morgan fingerprint density at radius 2 is 1.03 bits per heavy atom. The van der Waals surface area contributed by atoms with Crippen LogP contribution in [0.4, 0.5) is 0 Å². The fraction of sp³-hybridized carbons (Fsp3) is 0.694. The van der Waals surface area contributed by atoms with Crippen molar-refractivity contribution >= 4 is 65.1 Å². The summed E-state index contributed by atoms with van der Waals surface area (Å²) in [5, 5.41) is 49.2. The molecule has 25 nitrogen and oxygen atoms in total. The quantitative estimate of drug-likeness (QED) is 0.0311. The summed E-state index contributed by atoms with van der Waals surface area (Å²) in [5.74, 6) is -11.3. The SMILES string of the molecule is CC(C)C[C@H](NC(=O)[C@H](C)NC(=O)[C@H](CO)NC(=O)[C@H](CCCCN)NC(=O)CNC(=O)[C@@H](NC(=O)CNC(=O)[C@H](CC(=O)O)NC(=O)[C@H](C)NC(=O)CN)C(C)C)C(=O)O. The highest BCUT2D eigenvalue weighted by atomic mass is 16.4. The highest BCUT2D eigenvalue weighted by Crippen LogP contribution is 2.07. The minimum Gasteiger partial charge on any atom is -0.481 e. The molecule has 0 unspecified atom stereocenters. The third-order valence-electron chi connectivity index (χ3n) is 8.57. The number of hydrogen-bond donors (Lipinski definition) is 14. The first kappa shape index (κ1) is 55.0. The molecular formula is C36H63N11O14. The van der Waals surface area contributed by atoms with Crippen LogP contribution in [0.3, 0.4) is 0 Å². The molecule has 0 aliphatic rings. The van der Waals surface area contributed by atoms with Gasteiger partial charge in [0.25, 0.3) is 0 Å². The van der Waals surface area contributed by atoms with Crippen LogP contribution in [-0.2, 0) is 52.7 Å². The van der Waals surface area contributed by atoms with Crippen LogP contribution >= 0.6 is 0 Å². The third kappa shape index (κ3) is 22.3. The largest absolute Gasteiger partial charge is 0.481 e. The van der Waals surface area contributed by atoms with Crippen molar-refractivity contribution in [3.8, 4) is 0 Å². The molecule has 61 heavy (non-hydrogen) atoms. The first-order valence-corrected chi connectivity index (χ1v) is 19.6. The Hall–Kier alpha value is -5.95. The Morgan fingerprint density at radius 3 is 1.52 bits per heavy atom.